The SMILES string of the molecule is O=C(O)C1(OCCCO)CCSC1. The van der Waals surface area contributed by atoms with Gasteiger partial charge >= 0.3 is 5.97 Å². The molecular weight excluding hydrogens is 192 g/mol. The van der Waals surface area contributed by atoms with E-state index in [0.29, 0.717) is 25.2 Å². The molecule has 1 aliphatic heterocycles. The van der Waals surface area contributed by atoms with Crippen LogP contribution in [-0.4, -0.2) is 46.5 Å². The third-order valence-electron chi connectivity index (χ3n) is 2.06. The zero-order chi connectivity index (χ0) is 9.73. The van der Waals surface area contributed by atoms with Gasteiger partial charge < -0.3 is 14.9 Å². The molecule has 2 N–H and O–H groups in total. The highest BCUT2D eigenvalue weighted by Crippen LogP contribution is 2.31. The third kappa shape index (κ3) is 2.59. The van der Waals surface area contributed by atoms with Crippen LogP contribution in [0.2, 0.25) is 0 Å². The third-order valence-corrected chi connectivity index (χ3v) is 3.22. The summed E-state index contributed by atoms with van der Waals surface area (Å²) in [5.41, 5.74) is -0.986. The number of rotatable bonds is 5. The van der Waals surface area contributed by atoms with E-state index in [0.717, 1.165) is 5.75 Å². The quantitative estimate of drug-likeness (QED) is 0.635. The van der Waals surface area contributed by atoms with Gasteiger partial charge in [0.1, 0.15) is 0 Å². The molecule has 0 saturated carbocycles. The lowest BCUT2D eigenvalue weighted by molar-refractivity contribution is -0.162. The normalized spacial score (nSPS) is 27.8. The van der Waals surface area contributed by atoms with Crippen LogP contribution in [0.3, 0.4) is 0 Å². The van der Waals surface area contributed by atoms with E-state index in [2.05, 4.69) is 0 Å². The molecule has 1 fully saturated rings. The first-order chi connectivity index (χ1) is 6.21. The number of hydrogen-bond donors (Lipinski definition) is 2. The van der Waals surface area contributed by atoms with Gasteiger partial charge in [0, 0.05) is 12.4 Å². The molecule has 1 saturated heterocycles. The first-order valence-corrected chi connectivity index (χ1v) is 5.43. The topological polar surface area (TPSA) is 66.8 Å². The average molecular weight is 206 g/mol. The molecule has 0 spiro atoms. The number of thioether (sulfide) groups is 1. The monoisotopic (exact) mass is 206 g/mol. The molecule has 0 bridgehead atoms. The van der Waals surface area contributed by atoms with Crippen LogP contribution < -0.4 is 0 Å². The van der Waals surface area contributed by atoms with Crippen molar-refractivity contribution in [2.24, 2.45) is 0 Å². The predicted octanol–water partition coefficient (Wildman–Crippen LogP) is 0.346. The highest BCUT2D eigenvalue weighted by atomic mass is 32.2. The van der Waals surface area contributed by atoms with Gasteiger partial charge in [0.2, 0.25) is 0 Å². The minimum atomic E-state index is -0.986. The van der Waals surface area contributed by atoms with E-state index in [1.165, 1.54) is 0 Å². The van der Waals surface area contributed by atoms with Crippen molar-refractivity contribution in [2.75, 3.05) is 24.7 Å². The summed E-state index contributed by atoms with van der Waals surface area (Å²) in [4.78, 5) is 10.9. The van der Waals surface area contributed by atoms with E-state index in [1.54, 1.807) is 11.8 Å². The summed E-state index contributed by atoms with van der Waals surface area (Å²) in [7, 11) is 0. The summed E-state index contributed by atoms with van der Waals surface area (Å²) >= 11 is 1.60. The molecule has 76 valence electrons. The van der Waals surface area contributed by atoms with E-state index >= 15 is 0 Å². The van der Waals surface area contributed by atoms with E-state index in [-0.39, 0.29) is 6.61 Å². The van der Waals surface area contributed by atoms with Crippen LogP contribution in [0, 0.1) is 0 Å². The number of carboxylic acid groups (broad SMARTS) is 1. The Morgan fingerprint density at radius 3 is 2.85 bits per heavy atom. The molecule has 0 amide bonds. The van der Waals surface area contributed by atoms with Crippen LogP contribution in [-0.2, 0) is 9.53 Å². The summed E-state index contributed by atoms with van der Waals surface area (Å²) in [6, 6.07) is 0. The molecule has 1 aliphatic rings. The highest BCUT2D eigenvalue weighted by molar-refractivity contribution is 7.99. The van der Waals surface area contributed by atoms with Crippen molar-refractivity contribution in [2.45, 2.75) is 18.4 Å². The maximum absolute atomic E-state index is 10.9. The van der Waals surface area contributed by atoms with Crippen LogP contribution >= 0.6 is 11.8 Å². The van der Waals surface area contributed by atoms with Crippen LogP contribution in [0.25, 0.3) is 0 Å². The highest BCUT2D eigenvalue weighted by Gasteiger charge is 2.42. The minimum absolute atomic E-state index is 0.0445. The second-order valence-corrected chi connectivity index (χ2v) is 4.13. The molecule has 0 aromatic rings. The number of carbonyl (C=O) groups is 1. The Bertz CT molecular complexity index is 177. The van der Waals surface area contributed by atoms with Crippen molar-refractivity contribution in [3.8, 4) is 0 Å². The van der Waals surface area contributed by atoms with Gasteiger partial charge in [-0.15, -0.1) is 0 Å². The molecule has 1 heterocycles. The summed E-state index contributed by atoms with van der Waals surface area (Å²) < 4.78 is 5.31. The number of aliphatic carboxylic acids is 1. The van der Waals surface area contributed by atoms with Gasteiger partial charge in [0.25, 0.3) is 0 Å². The molecule has 5 heteroatoms. The van der Waals surface area contributed by atoms with E-state index in [4.69, 9.17) is 14.9 Å². The molecule has 1 rings (SSSR count). The van der Waals surface area contributed by atoms with Gasteiger partial charge in [0.15, 0.2) is 5.60 Å². The van der Waals surface area contributed by atoms with Gasteiger partial charge in [-0.25, -0.2) is 4.79 Å². The average Bonchev–Trinajstić information content (AvgIpc) is 2.55. The van der Waals surface area contributed by atoms with E-state index < -0.39 is 11.6 Å². The van der Waals surface area contributed by atoms with Crippen LogP contribution in [0.15, 0.2) is 0 Å². The van der Waals surface area contributed by atoms with E-state index in [1.807, 2.05) is 0 Å². The molecule has 1 atom stereocenters. The zero-order valence-electron chi connectivity index (χ0n) is 7.36. The second-order valence-electron chi connectivity index (χ2n) is 3.03. The fourth-order valence-corrected chi connectivity index (χ4v) is 2.52. The van der Waals surface area contributed by atoms with Gasteiger partial charge in [0.05, 0.1) is 6.61 Å². The smallest absolute Gasteiger partial charge is 0.336 e. The summed E-state index contributed by atoms with van der Waals surface area (Å²) in [6.07, 6.45) is 1.07. The largest absolute Gasteiger partial charge is 0.479 e. The van der Waals surface area contributed by atoms with Gasteiger partial charge in [-0.1, -0.05) is 0 Å². The van der Waals surface area contributed by atoms with Crippen molar-refractivity contribution in [1.82, 2.24) is 0 Å². The first-order valence-electron chi connectivity index (χ1n) is 4.27. The maximum atomic E-state index is 10.9. The first kappa shape index (κ1) is 10.8. The van der Waals surface area contributed by atoms with Gasteiger partial charge in [-0.2, -0.15) is 11.8 Å². The molecule has 0 aromatic carbocycles. The van der Waals surface area contributed by atoms with Crippen molar-refractivity contribution in [3.05, 3.63) is 0 Å². The Kier molecular flexibility index (Phi) is 4.02. The number of aliphatic hydroxyl groups is 1. The Morgan fingerprint density at radius 2 is 2.38 bits per heavy atom. The maximum Gasteiger partial charge on any atom is 0.336 e. The number of aliphatic hydroxyl groups excluding tert-OH is 1. The van der Waals surface area contributed by atoms with E-state index in [9.17, 15) is 4.79 Å². The lowest BCUT2D eigenvalue weighted by Gasteiger charge is -2.23. The number of ether oxygens (including phenoxy) is 1. The molecular formula is C8H14O4S. The summed E-state index contributed by atoms with van der Waals surface area (Å²) in [5, 5.41) is 17.5. The molecule has 0 aromatic heterocycles. The summed E-state index contributed by atoms with van der Waals surface area (Å²) in [5.74, 6) is 0.481. The molecule has 0 aliphatic carbocycles. The van der Waals surface area contributed by atoms with Crippen molar-refractivity contribution < 1.29 is 19.7 Å². The molecule has 13 heavy (non-hydrogen) atoms. The van der Waals surface area contributed by atoms with Crippen molar-refractivity contribution in [1.29, 1.82) is 0 Å². The lowest BCUT2D eigenvalue weighted by Crippen LogP contribution is -2.42. The second kappa shape index (κ2) is 4.83. The zero-order valence-corrected chi connectivity index (χ0v) is 8.18. The summed E-state index contributed by atoms with van der Waals surface area (Å²) in [6.45, 7) is 0.367. The Balaban J connectivity index is 2.43. The van der Waals surface area contributed by atoms with Gasteiger partial charge in [-0.05, 0) is 18.6 Å². The number of carboxylic acids is 1. The molecule has 0 radical (unpaired) electrons. The van der Waals surface area contributed by atoms with Crippen molar-refractivity contribution in [3.63, 3.8) is 0 Å². The fourth-order valence-electron chi connectivity index (χ4n) is 1.22. The Morgan fingerprint density at radius 1 is 1.62 bits per heavy atom. The fraction of sp³-hybridized carbons (Fsp3) is 0.875. The standard InChI is InChI=1S/C8H14O4S/c9-3-1-4-12-8(7(10)11)2-5-13-6-8/h9H,1-6H2,(H,10,11). The predicted molar refractivity (Wildman–Crippen MR) is 50.0 cm³/mol. The minimum Gasteiger partial charge on any atom is -0.479 e. The Labute approximate surface area is 81.3 Å². The lowest BCUT2D eigenvalue weighted by atomic mass is 10.0. The van der Waals surface area contributed by atoms with Crippen LogP contribution in [0.4, 0.5) is 0 Å². The van der Waals surface area contributed by atoms with Crippen molar-refractivity contribution >= 4 is 17.7 Å². The Hall–Kier alpha value is -0.260. The van der Waals surface area contributed by atoms with Crippen LogP contribution in [0.5, 0.6) is 0 Å². The molecule has 1 unspecified atom stereocenters. The molecule has 4 nitrogen and oxygen atoms in total. The van der Waals surface area contributed by atoms with Crippen LogP contribution in [0.1, 0.15) is 12.8 Å². The number of hydrogen-bond acceptors (Lipinski definition) is 4. The van der Waals surface area contributed by atoms with Gasteiger partial charge in [-0.3, -0.25) is 0 Å².